The van der Waals surface area contributed by atoms with Crippen LogP contribution in [0.5, 0.6) is 0 Å². The van der Waals surface area contributed by atoms with Crippen molar-refractivity contribution >= 4 is 0 Å². The van der Waals surface area contributed by atoms with E-state index in [0.717, 1.165) is 24.1 Å². The van der Waals surface area contributed by atoms with Crippen LogP contribution in [-0.4, -0.2) is 17.0 Å². The molecule has 2 N–H and O–H groups in total. The molecule has 1 aromatic heterocycles. The Kier molecular flexibility index (Phi) is 2.38. The Labute approximate surface area is 89.1 Å². The summed E-state index contributed by atoms with van der Waals surface area (Å²) in [5.41, 5.74) is 2.15. The van der Waals surface area contributed by atoms with Gasteiger partial charge in [-0.2, -0.15) is 0 Å². The molecule has 0 saturated heterocycles. The molecule has 4 nitrogen and oxygen atoms in total. The van der Waals surface area contributed by atoms with Crippen molar-refractivity contribution in [2.75, 3.05) is 7.05 Å². The van der Waals surface area contributed by atoms with Gasteiger partial charge in [0.05, 0.1) is 0 Å². The molecule has 0 radical (unpaired) electrons. The molecular weight excluding hydrogens is 190 g/mol. The Bertz CT molecular complexity index is 422. The summed E-state index contributed by atoms with van der Waals surface area (Å²) in [4.78, 5) is 17.8. The van der Waals surface area contributed by atoms with Crippen LogP contribution in [-0.2, 0) is 6.42 Å². The van der Waals surface area contributed by atoms with Crippen LogP contribution in [0.4, 0.5) is 0 Å². The van der Waals surface area contributed by atoms with Crippen molar-refractivity contribution in [3.8, 4) is 0 Å². The minimum Gasteiger partial charge on any atom is -0.313 e. The number of rotatable bonds is 1. The highest BCUT2D eigenvalue weighted by Crippen LogP contribution is 2.38. The van der Waals surface area contributed by atoms with Gasteiger partial charge < -0.3 is 10.3 Å². The van der Waals surface area contributed by atoms with Crippen LogP contribution in [0.1, 0.15) is 37.6 Å². The normalized spacial score (nSPS) is 23.5. The first-order valence-electron chi connectivity index (χ1n) is 5.27. The fourth-order valence-corrected chi connectivity index (χ4v) is 2.36. The van der Waals surface area contributed by atoms with Crippen LogP contribution in [0.2, 0.25) is 0 Å². The lowest BCUT2D eigenvalue weighted by molar-refractivity contribution is 0.260. The smallest absolute Gasteiger partial charge is 0.313 e. The first-order valence-corrected chi connectivity index (χ1v) is 5.27. The van der Waals surface area contributed by atoms with Gasteiger partial charge in [0, 0.05) is 23.5 Å². The third-order valence-electron chi connectivity index (χ3n) is 3.06. The molecule has 15 heavy (non-hydrogen) atoms. The first kappa shape index (κ1) is 10.4. The molecule has 1 aromatic rings. The maximum atomic E-state index is 11.2. The molecule has 2 rings (SSSR count). The van der Waals surface area contributed by atoms with Crippen LogP contribution in [0.25, 0.3) is 0 Å². The van der Waals surface area contributed by atoms with E-state index in [2.05, 4.69) is 29.1 Å². The molecule has 0 aliphatic heterocycles. The number of H-pyrrole nitrogens is 1. The standard InChI is InChI=1S/C11H17N3O/c1-11(2)4-8(12-3)7-6-13-10(15)14-9(7)5-11/h6,8,12H,4-5H2,1-3H3,(H,13,14,15). The summed E-state index contributed by atoms with van der Waals surface area (Å²) in [6.45, 7) is 4.44. The lowest BCUT2D eigenvalue weighted by Gasteiger charge is -2.36. The predicted molar refractivity (Wildman–Crippen MR) is 58.8 cm³/mol. The number of fused-ring (bicyclic) bond motifs is 1. The van der Waals surface area contributed by atoms with Gasteiger partial charge in [-0.05, 0) is 25.3 Å². The fraction of sp³-hybridized carbons (Fsp3) is 0.636. The molecule has 82 valence electrons. The van der Waals surface area contributed by atoms with Gasteiger partial charge in [0.1, 0.15) is 0 Å². The third-order valence-corrected chi connectivity index (χ3v) is 3.06. The Morgan fingerprint density at radius 2 is 2.33 bits per heavy atom. The second kappa shape index (κ2) is 3.45. The molecule has 0 bridgehead atoms. The molecular formula is C11H17N3O. The highest BCUT2D eigenvalue weighted by atomic mass is 16.1. The van der Waals surface area contributed by atoms with Crippen LogP contribution < -0.4 is 11.0 Å². The lowest BCUT2D eigenvalue weighted by atomic mass is 9.74. The van der Waals surface area contributed by atoms with Crippen molar-refractivity contribution in [3.05, 3.63) is 27.9 Å². The average molecular weight is 207 g/mol. The van der Waals surface area contributed by atoms with E-state index in [9.17, 15) is 4.79 Å². The minimum atomic E-state index is -0.249. The van der Waals surface area contributed by atoms with E-state index in [0.29, 0.717) is 6.04 Å². The monoisotopic (exact) mass is 207 g/mol. The number of aromatic nitrogens is 2. The highest BCUT2D eigenvalue weighted by molar-refractivity contribution is 5.25. The molecule has 1 aliphatic rings. The van der Waals surface area contributed by atoms with Crippen LogP contribution in [0.15, 0.2) is 11.0 Å². The number of aromatic amines is 1. The van der Waals surface area contributed by atoms with E-state index in [1.165, 1.54) is 0 Å². The fourth-order valence-electron chi connectivity index (χ4n) is 2.36. The highest BCUT2D eigenvalue weighted by Gasteiger charge is 2.32. The molecule has 1 atom stereocenters. The SMILES string of the molecule is CNC1CC(C)(C)Cc2[nH]c(=O)ncc21. The topological polar surface area (TPSA) is 57.8 Å². The second-order valence-electron chi connectivity index (χ2n) is 5.01. The summed E-state index contributed by atoms with van der Waals surface area (Å²) in [7, 11) is 1.95. The molecule has 0 spiro atoms. The quantitative estimate of drug-likeness (QED) is 0.722. The number of hydrogen-bond donors (Lipinski definition) is 2. The van der Waals surface area contributed by atoms with Crippen molar-refractivity contribution in [1.82, 2.24) is 15.3 Å². The van der Waals surface area contributed by atoms with Gasteiger partial charge >= 0.3 is 5.69 Å². The van der Waals surface area contributed by atoms with E-state index in [1.807, 2.05) is 7.05 Å². The maximum Gasteiger partial charge on any atom is 0.345 e. The van der Waals surface area contributed by atoms with Crippen LogP contribution >= 0.6 is 0 Å². The van der Waals surface area contributed by atoms with Gasteiger partial charge in [0.2, 0.25) is 0 Å². The molecule has 0 amide bonds. The first-order chi connectivity index (χ1) is 7.02. The second-order valence-corrected chi connectivity index (χ2v) is 5.01. The van der Waals surface area contributed by atoms with Gasteiger partial charge in [-0.15, -0.1) is 0 Å². The van der Waals surface area contributed by atoms with E-state index >= 15 is 0 Å². The van der Waals surface area contributed by atoms with Crippen molar-refractivity contribution in [2.45, 2.75) is 32.7 Å². The Morgan fingerprint density at radius 1 is 1.60 bits per heavy atom. The van der Waals surface area contributed by atoms with Gasteiger partial charge in [0.25, 0.3) is 0 Å². The Balaban J connectivity index is 2.49. The molecule has 0 saturated carbocycles. The van der Waals surface area contributed by atoms with E-state index in [1.54, 1.807) is 6.20 Å². The van der Waals surface area contributed by atoms with Crippen molar-refractivity contribution in [1.29, 1.82) is 0 Å². The van der Waals surface area contributed by atoms with Crippen molar-refractivity contribution < 1.29 is 0 Å². The zero-order valence-electron chi connectivity index (χ0n) is 9.42. The van der Waals surface area contributed by atoms with Gasteiger partial charge in [-0.1, -0.05) is 13.8 Å². The van der Waals surface area contributed by atoms with Crippen LogP contribution in [0.3, 0.4) is 0 Å². The number of nitrogens with one attached hydrogen (secondary N) is 2. The summed E-state index contributed by atoms with van der Waals surface area (Å²) in [5, 5.41) is 3.27. The Morgan fingerprint density at radius 3 is 3.00 bits per heavy atom. The van der Waals surface area contributed by atoms with E-state index in [4.69, 9.17) is 0 Å². The number of hydrogen-bond acceptors (Lipinski definition) is 3. The largest absolute Gasteiger partial charge is 0.345 e. The predicted octanol–water partition coefficient (Wildman–Crippen LogP) is 1.00. The summed E-state index contributed by atoms with van der Waals surface area (Å²) in [5.74, 6) is 0. The average Bonchev–Trinajstić information content (AvgIpc) is 2.14. The van der Waals surface area contributed by atoms with Gasteiger partial charge in [-0.25, -0.2) is 9.78 Å². The zero-order chi connectivity index (χ0) is 11.1. The minimum absolute atomic E-state index is 0.227. The molecule has 0 fully saturated rings. The van der Waals surface area contributed by atoms with Gasteiger partial charge in [0.15, 0.2) is 0 Å². The Hall–Kier alpha value is -1.16. The number of nitrogens with zero attached hydrogens (tertiary/aromatic N) is 1. The van der Waals surface area contributed by atoms with Crippen molar-refractivity contribution in [3.63, 3.8) is 0 Å². The van der Waals surface area contributed by atoms with Crippen molar-refractivity contribution in [2.24, 2.45) is 5.41 Å². The maximum absolute atomic E-state index is 11.2. The third kappa shape index (κ3) is 1.95. The van der Waals surface area contributed by atoms with E-state index in [-0.39, 0.29) is 11.1 Å². The molecule has 4 heteroatoms. The summed E-state index contributed by atoms with van der Waals surface area (Å²) in [6.07, 6.45) is 3.69. The van der Waals surface area contributed by atoms with Gasteiger partial charge in [-0.3, -0.25) is 0 Å². The molecule has 1 unspecified atom stereocenters. The zero-order valence-corrected chi connectivity index (χ0v) is 9.42. The summed E-state index contributed by atoms with van der Waals surface area (Å²) < 4.78 is 0. The van der Waals surface area contributed by atoms with Crippen LogP contribution in [0, 0.1) is 5.41 Å². The molecule has 1 heterocycles. The van der Waals surface area contributed by atoms with E-state index < -0.39 is 0 Å². The molecule has 0 aromatic carbocycles. The molecule has 1 aliphatic carbocycles. The summed E-state index contributed by atoms with van der Waals surface area (Å²) in [6, 6.07) is 0.299. The summed E-state index contributed by atoms with van der Waals surface area (Å²) >= 11 is 0. The lowest BCUT2D eigenvalue weighted by Crippen LogP contribution is -2.34.